The van der Waals surface area contributed by atoms with Gasteiger partial charge in [0, 0.05) is 18.6 Å². The molecule has 1 heterocycles. The predicted octanol–water partition coefficient (Wildman–Crippen LogP) is 4.61. The monoisotopic (exact) mass is 272 g/mol. The Hall–Kier alpha value is -1.15. The fourth-order valence-electron chi connectivity index (χ4n) is 3.15. The highest BCUT2D eigenvalue weighted by Gasteiger charge is 2.32. The number of nitrogens with zero attached hydrogens (tertiary/aromatic N) is 1. The van der Waals surface area contributed by atoms with Crippen LogP contribution in [0, 0.1) is 20.8 Å². The van der Waals surface area contributed by atoms with Crippen molar-refractivity contribution in [1.29, 1.82) is 0 Å². The molecule has 0 unspecified atom stereocenters. The molecule has 2 heteroatoms. The summed E-state index contributed by atoms with van der Waals surface area (Å²) in [6, 6.07) is 8.75. The molecule has 0 radical (unpaired) electrons. The molecular formula is C17H22NS+. The van der Waals surface area contributed by atoms with Gasteiger partial charge in [-0.2, -0.15) is 4.57 Å². The first-order valence-corrected chi connectivity index (χ1v) is 8.08. The summed E-state index contributed by atoms with van der Waals surface area (Å²) in [4.78, 5) is 1.46. The number of rotatable bonds is 2. The molecule has 1 aliphatic carbocycles. The zero-order chi connectivity index (χ0) is 13.4. The first-order chi connectivity index (χ1) is 9.18. The highest BCUT2D eigenvalue weighted by Crippen LogP contribution is 2.36. The van der Waals surface area contributed by atoms with Gasteiger partial charge in [-0.1, -0.05) is 42.4 Å². The summed E-state index contributed by atoms with van der Waals surface area (Å²) < 4.78 is 2.52. The predicted molar refractivity (Wildman–Crippen MR) is 81.3 cm³/mol. The smallest absolute Gasteiger partial charge is 0.151 e. The number of thiazole rings is 1. The zero-order valence-corrected chi connectivity index (χ0v) is 12.9. The van der Waals surface area contributed by atoms with Crippen molar-refractivity contribution in [2.24, 2.45) is 0 Å². The van der Waals surface area contributed by atoms with Crippen LogP contribution in [0.15, 0.2) is 24.3 Å². The molecule has 0 bridgehead atoms. The Labute approximate surface area is 119 Å². The minimum Gasteiger partial charge on any atom is -0.151 e. The zero-order valence-electron chi connectivity index (χ0n) is 12.1. The quantitative estimate of drug-likeness (QED) is 0.703. The summed E-state index contributed by atoms with van der Waals surface area (Å²) in [6.07, 6.45) is 5.53. The lowest BCUT2D eigenvalue weighted by Gasteiger charge is -2.06. The van der Waals surface area contributed by atoms with E-state index >= 15 is 0 Å². The lowest BCUT2D eigenvalue weighted by atomic mass is 10.1. The highest BCUT2D eigenvalue weighted by atomic mass is 32.1. The summed E-state index contributed by atoms with van der Waals surface area (Å²) >= 11 is 2.00. The van der Waals surface area contributed by atoms with Crippen LogP contribution in [0.4, 0.5) is 0 Å². The van der Waals surface area contributed by atoms with Crippen LogP contribution >= 0.6 is 11.3 Å². The van der Waals surface area contributed by atoms with Gasteiger partial charge in [-0.3, -0.25) is 0 Å². The van der Waals surface area contributed by atoms with E-state index in [1.807, 2.05) is 11.3 Å². The van der Waals surface area contributed by atoms with Crippen molar-refractivity contribution in [1.82, 2.24) is 0 Å². The van der Waals surface area contributed by atoms with Gasteiger partial charge in [-0.25, -0.2) is 0 Å². The third-order valence-electron chi connectivity index (χ3n) is 4.38. The van der Waals surface area contributed by atoms with Crippen molar-refractivity contribution < 1.29 is 4.57 Å². The first-order valence-electron chi connectivity index (χ1n) is 7.26. The van der Waals surface area contributed by atoms with Crippen LogP contribution in [-0.2, 0) is 0 Å². The number of aryl methyl sites for hydroxylation is 2. The summed E-state index contributed by atoms with van der Waals surface area (Å²) in [6.45, 7) is 6.73. The molecule has 1 aliphatic rings. The van der Waals surface area contributed by atoms with Crippen LogP contribution in [0.25, 0.3) is 5.69 Å². The van der Waals surface area contributed by atoms with Gasteiger partial charge in [-0.15, -0.1) is 0 Å². The minimum absolute atomic E-state index is 0.775. The van der Waals surface area contributed by atoms with E-state index in [2.05, 4.69) is 49.6 Å². The van der Waals surface area contributed by atoms with Crippen molar-refractivity contribution in [3.8, 4) is 5.69 Å². The topological polar surface area (TPSA) is 3.88 Å². The molecule has 0 N–H and O–H groups in total. The summed E-state index contributed by atoms with van der Waals surface area (Å²) in [7, 11) is 0. The van der Waals surface area contributed by atoms with Crippen LogP contribution < -0.4 is 4.57 Å². The van der Waals surface area contributed by atoms with E-state index < -0.39 is 0 Å². The Morgan fingerprint density at radius 2 is 1.74 bits per heavy atom. The van der Waals surface area contributed by atoms with E-state index in [9.17, 15) is 0 Å². The number of benzene rings is 1. The summed E-state index contributed by atoms with van der Waals surface area (Å²) in [5.74, 6) is 0.775. The van der Waals surface area contributed by atoms with Crippen LogP contribution in [-0.4, -0.2) is 0 Å². The standard InChI is InChI=1S/C17H22NS/c1-12-8-4-7-11-16(12)18-13(2)14(3)19-17(18)15-9-5-6-10-15/h4,7-8,11,15H,5-6,9-10H2,1-3H3/q+1. The second-order valence-corrected chi connectivity index (χ2v) is 6.92. The molecule has 1 saturated carbocycles. The average Bonchev–Trinajstić information content (AvgIpc) is 3.01. The number of para-hydroxylation sites is 1. The molecule has 0 saturated heterocycles. The molecule has 1 aromatic heterocycles. The van der Waals surface area contributed by atoms with E-state index in [4.69, 9.17) is 0 Å². The minimum atomic E-state index is 0.775. The lowest BCUT2D eigenvalue weighted by molar-refractivity contribution is -0.607. The number of aromatic nitrogens is 1. The van der Waals surface area contributed by atoms with Crippen molar-refractivity contribution in [3.05, 3.63) is 45.4 Å². The van der Waals surface area contributed by atoms with Gasteiger partial charge in [0.05, 0.1) is 10.8 Å². The van der Waals surface area contributed by atoms with Crippen molar-refractivity contribution in [2.75, 3.05) is 0 Å². The molecule has 0 aliphatic heterocycles. The second-order valence-electron chi connectivity index (χ2n) is 5.69. The Balaban J connectivity index is 2.16. The highest BCUT2D eigenvalue weighted by molar-refractivity contribution is 7.11. The molecule has 2 aromatic rings. The van der Waals surface area contributed by atoms with Gasteiger partial charge < -0.3 is 0 Å². The Morgan fingerprint density at radius 3 is 2.42 bits per heavy atom. The summed E-state index contributed by atoms with van der Waals surface area (Å²) in [5, 5.41) is 1.57. The normalized spacial score (nSPS) is 16.2. The first kappa shape index (κ1) is 12.9. The SMILES string of the molecule is Cc1ccccc1-[n+]1c(C2CCCC2)sc(C)c1C. The average molecular weight is 272 g/mol. The molecular weight excluding hydrogens is 250 g/mol. The third-order valence-corrected chi connectivity index (χ3v) is 5.71. The Kier molecular flexibility index (Phi) is 3.44. The summed E-state index contributed by atoms with van der Waals surface area (Å²) in [5.41, 5.74) is 4.15. The van der Waals surface area contributed by atoms with E-state index in [-0.39, 0.29) is 0 Å². The fraction of sp³-hybridized carbons (Fsp3) is 0.471. The largest absolute Gasteiger partial charge is 0.246 e. The Morgan fingerprint density at radius 1 is 1.05 bits per heavy atom. The van der Waals surface area contributed by atoms with Crippen molar-refractivity contribution in [3.63, 3.8) is 0 Å². The third kappa shape index (κ3) is 2.23. The lowest BCUT2D eigenvalue weighted by Crippen LogP contribution is -2.37. The number of hydrogen-bond donors (Lipinski definition) is 0. The van der Waals surface area contributed by atoms with E-state index in [1.165, 1.54) is 47.5 Å². The molecule has 3 rings (SSSR count). The van der Waals surface area contributed by atoms with Gasteiger partial charge in [0.15, 0.2) is 5.69 Å². The maximum atomic E-state index is 2.52. The molecule has 0 amide bonds. The van der Waals surface area contributed by atoms with Crippen LogP contribution in [0.3, 0.4) is 0 Å². The maximum Gasteiger partial charge on any atom is 0.246 e. The van der Waals surface area contributed by atoms with Crippen LogP contribution in [0.1, 0.15) is 52.7 Å². The van der Waals surface area contributed by atoms with Gasteiger partial charge in [-0.05, 0) is 26.7 Å². The van der Waals surface area contributed by atoms with Crippen LogP contribution in [0.5, 0.6) is 0 Å². The van der Waals surface area contributed by atoms with E-state index in [0.29, 0.717) is 0 Å². The second kappa shape index (κ2) is 5.09. The van der Waals surface area contributed by atoms with Crippen molar-refractivity contribution >= 4 is 11.3 Å². The maximum absolute atomic E-state index is 2.52. The fourth-order valence-corrected chi connectivity index (χ4v) is 4.43. The molecule has 1 fully saturated rings. The molecule has 1 aromatic carbocycles. The Bertz CT molecular complexity index is 591. The van der Waals surface area contributed by atoms with Gasteiger partial charge in [0.25, 0.3) is 0 Å². The van der Waals surface area contributed by atoms with Gasteiger partial charge in [0.2, 0.25) is 10.7 Å². The van der Waals surface area contributed by atoms with Crippen LogP contribution in [0.2, 0.25) is 0 Å². The molecule has 1 nitrogen and oxygen atoms in total. The number of hydrogen-bond acceptors (Lipinski definition) is 1. The molecule has 0 spiro atoms. The molecule has 0 atom stereocenters. The van der Waals surface area contributed by atoms with Crippen molar-refractivity contribution in [2.45, 2.75) is 52.4 Å². The van der Waals surface area contributed by atoms with Gasteiger partial charge >= 0.3 is 0 Å². The molecule has 100 valence electrons. The molecule has 19 heavy (non-hydrogen) atoms. The van der Waals surface area contributed by atoms with Gasteiger partial charge in [0.1, 0.15) is 0 Å². The van der Waals surface area contributed by atoms with E-state index in [1.54, 1.807) is 5.01 Å². The van der Waals surface area contributed by atoms with E-state index in [0.717, 1.165) is 5.92 Å².